The molecule has 0 aliphatic carbocycles. The van der Waals surface area contributed by atoms with Crippen LogP contribution in [0.4, 0.5) is 5.69 Å². The van der Waals surface area contributed by atoms with Crippen LogP contribution in [0.1, 0.15) is 18.1 Å². The van der Waals surface area contributed by atoms with Gasteiger partial charge in [0.25, 0.3) is 0 Å². The molecule has 0 radical (unpaired) electrons. The Balaban J connectivity index is 1.91. The molecule has 126 valence electrons. The summed E-state index contributed by atoms with van der Waals surface area (Å²) in [4.78, 5) is 4.59. The van der Waals surface area contributed by atoms with Crippen molar-refractivity contribution in [2.24, 2.45) is 0 Å². The molecule has 0 aliphatic heterocycles. The maximum Gasteiger partial charge on any atom is 0.227 e. The van der Waals surface area contributed by atoms with E-state index in [2.05, 4.69) is 23.3 Å². The zero-order valence-electron chi connectivity index (χ0n) is 13.9. The topological polar surface area (TPSA) is 78.5 Å². The average molecular weight is 326 g/mol. The summed E-state index contributed by atoms with van der Waals surface area (Å²) in [5.41, 5.74) is 5.66. The van der Waals surface area contributed by atoms with Crippen molar-refractivity contribution >= 4 is 16.8 Å². The number of fused-ring (bicyclic) bond motifs is 1. The van der Waals surface area contributed by atoms with E-state index < -0.39 is 6.10 Å². The fourth-order valence-electron chi connectivity index (χ4n) is 2.55. The molecule has 1 unspecified atom stereocenters. The zero-order valence-corrected chi connectivity index (χ0v) is 13.9. The van der Waals surface area contributed by atoms with Crippen LogP contribution in [0.3, 0.4) is 0 Å². The normalized spacial score (nSPS) is 12.5. The number of nitrogens with one attached hydrogen (secondary N) is 1. The standard InChI is InChI=1S/C19H22N2O3/c1-3-13-5-7-18-17(8-13)21-19(24-18)14-6-4-12(2)16(9-14)20-10-15(23)11-22/h4-9,15,20,22-23H,3,10-11H2,1-2H3. The predicted molar refractivity (Wildman–Crippen MR) is 95.1 cm³/mol. The second-order valence-electron chi connectivity index (χ2n) is 5.92. The first-order chi connectivity index (χ1) is 11.6. The SMILES string of the molecule is CCc1ccc2oc(-c3ccc(C)c(NCC(O)CO)c3)nc2c1. The average Bonchev–Trinajstić information content (AvgIpc) is 3.03. The first kappa shape index (κ1) is 16.5. The monoisotopic (exact) mass is 326 g/mol. The Hall–Kier alpha value is -2.37. The van der Waals surface area contributed by atoms with Crippen molar-refractivity contribution in [3.63, 3.8) is 0 Å². The molecule has 24 heavy (non-hydrogen) atoms. The van der Waals surface area contributed by atoms with Crippen molar-refractivity contribution in [3.05, 3.63) is 47.5 Å². The summed E-state index contributed by atoms with van der Waals surface area (Å²) < 4.78 is 5.87. The van der Waals surface area contributed by atoms with Crippen LogP contribution in [0, 0.1) is 6.92 Å². The van der Waals surface area contributed by atoms with Gasteiger partial charge in [-0.2, -0.15) is 0 Å². The van der Waals surface area contributed by atoms with E-state index in [4.69, 9.17) is 9.52 Å². The Labute approximate surface area is 141 Å². The van der Waals surface area contributed by atoms with Crippen LogP contribution in [0.25, 0.3) is 22.6 Å². The maximum absolute atomic E-state index is 9.50. The molecule has 0 saturated carbocycles. The second kappa shape index (κ2) is 7.03. The summed E-state index contributed by atoms with van der Waals surface area (Å²) in [6.07, 6.45) is 0.175. The van der Waals surface area contributed by atoms with Gasteiger partial charge in [-0.1, -0.05) is 19.1 Å². The van der Waals surface area contributed by atoms with E-state index in [1.54, 1.807) is 0 Å². The van der Waals surface area contributed by atoms with Crippen LogP contribution in [0.5, 0.6) is 0 Å². The van der Waals surface area contributed by atoms with Gasteiger partial charge in [0.1, 0.15) is 5.52 Å². The lowest BCUT2D eigenvalue weighted by atomic mass is 10.1. The minimum atomic E-state index is -0.787. The van der Waals surface area contributed by atoms with E-state index in [1.807, 2.05) is 37.3 Å². The van der Waals surface area contributed by atoms with Crippen LogP contribution in [0.15, 0.2) is 40.8 Å². The molecule has 0 amide bonds. The summed E-state index contributed by atoms with van der Waals surface area (Å²) >= 11 is 0. The van der Waals surface area contributed by atoms with E-state index in [0.717, 1.165) is 34.3 Å². The molecular weight excluding hydrogens is 304 g/mol. The van der Waals surface area contributed by atoms with E-state index >= 15 is 0 Å². The van der Waals surface area contributed by atoms with Gasteiger partial charge in [-0.15, -0.1) is 0 Å². The minimum Gasteiger partial charge on any atom is -0.436 e. The fraction of sp³-hybridized carbons (Fsp3) is 0.316. The van der Waals surface area contributed by atoms with Crippen LogP contribution < -0.4 is 5.32 Å². The molecule has 3 aromatic rings. The molecule has 0 saturated heterocycles. The van der Waals surface area contributed by atoms with Gasteiger partial charge >= 0.3 is 0 Å². The minimum absolute atomic E-state index is 0.267. The Morgan fingerprint density at radius 3 is 2.79 bits per heavy atom. The van der Waals surface area contributed by atoms with Gasteiger partial charge in [0.2, 0.25) is 5.89 Å². The van der Waals surface area contributed by atoms with Crippen LogP contribution in [0.2, 0.25) is 0 Å². The van der Waals surface area contributed by atoms with Crippen molar-refractivity contribution < 1.29 is 14.6 Å². The highest BCUT2D eigenvalue weighted by atomic mass is 16.3. The van der Waals surface area contributed by atoms with Gasteiger partial charge in [-0.25, -0.2) is 4.98 Å². The summed E-state index contributed by atoms with van der Waals surface area (Å²) in [6.45, 7) is 4.11. The maximum atomic E-state index is 9.50. The summed E-state index contributed by atoms with van der Waals surface area (Å²) in [5.74, 6) is 0.573. The van der Waals surface area contributed by atoms with Gasteiger partial charge in [0, 0.05) is 17.8 Å². The van der Waals surface area contributed by atoms with E-state index in [9.17, 15) is 5.11 Å². The molecule has 0 spiro atoms. The number of nitrogens with zero attached hydrogens (tertiary/aromatic N) is 1. The first-order valence-electron chi connectivity index (χ1n) is 8.14. The number of benzene rings is 2. The Kier molecular flexibility index (Phi) is 4.83. The highest BCUT2D eigenvalue weighted by Crippen LogP contribution is 2.28. The van der Waals surface area contributed by atoms with E-state index in [1.165, 1.54) is 5.56 Å². The Bertz CT molecular complexity index is 842. The van der Waals surface area contributed by atoms with Crippen LogP contribution in [-0.4, -0.2) is 34.5 Å². The molecule has 3 N–H and O–H groups in total. The van der Waals surface area contributed by atoms with Gasteiger partial charge in [-0.3, -0.25) is 0 Å². The van der Waals surface area contributed by atoms with Crippen molar-refractivity contribution in [2.45, 2.75) is 26.4 Å². The zero-order chi connectivity index (χ0) is 17.1. The predicted octanol–water partition coefficient (Wildman–Crippen LogP) is 3.13. The molecule has 0 bridgehead atoms. The lowest BCUT2D eigenvalue weighted by molar-refractivity contribution is 0.105. The summed E-state index contributed by atoms with van der Waals surface area (Å²) in [7, 11) is 0. The summed E-state index contributed by atoms with van der Waals surface area (Å²) in [6, 6.07) is 12.0. The lowest BCUT2D eigenvalue weighted by Gasteiger charge is -2.13. The third-order valence-corrected chi connectivity index (χ3v) is 4.08. The molecule has 0 aliphatic rings. The molecule has 1 aromatic heterocycles. The number of hydrogen-bond acceptors (Lipinski definition) is 5. The third kappa shape index (κ3) is 3.42. The van der Waals surface area contributed by atoms with Gasteiger partial charge in [0.15, 0.2) is 5.58 Å². The number of aromatic nitrogens is 1. The van der Waals surface area contributed by atoms with Crippen molar-refractivity contribution in [2.75, 3.05) is 18.5 Å². The van der Waals surface area contributed by atoms with Crippen molar-refractivity contribution in [1.82, 2.24) is 4.98 Å². The Morgan fingerprint density at radius 1 is 1.21 bits per heavy atom. The second-order valence-corrected chi connectivity index (χ2v) is 5.92. The summed E-state index contributed by atoms with van der Waals surface area (Å²) in [5, 5.41) is 21.6. The van der Waals surface area contributed by atoms with E-state index in [-0.39, 0.29) is 13.2 Å². The van der Waals surface area contributed by atoms with Crippen molar-refractivity contribution in [3.8, 4) is 11.5 Å². The molecular formula is C19H22N2O3. The highest BCUT2D eigenvalue weighted by molar-refractivity contribution is 5.77. The van der Waals surface area contributed by atoms with Crippen molar-refractivity contribution in [1.29, 1.82) is 0 Å². The molecule has 1 heterocycles. The third-order valence-electron chi connectivity index (χ3n) is 4.08. The molecule has 2 aromatic carbocycles. The van der Waals surface area contributed by atoms with Gasteiger partial charge < -0.3 is 19.9 Å². The quantitative estimate of drug-likeness (QED) is 0.648. The number of hydrogen-bond donors (Lipinski definition) is 3. The number of rotatable bonds is 6. The molecule has 1 atom stereocenters. The smallest absolute Gasteiger partial charge is 0.227 e. The number of aliphatic hydroxyl groups is 2. The molecule has 5 heteroatoms. The van der Waals surface area contributed by atoms with Gasteiger partial charge in [0.05, 0.1) is 12.7 Å². The fourth-order valence-corrected chi connectivity index (χ4v) is 2.55. The van der Waals surface area contributed by atoms with Crippen LogP contribution >= 0.6 is 0 Å². The van der Waals surface area contributed by atoms with E-state index in [0.29, 0.717) is 5.89 Å². The number of aryl methyl sites for hydroxylation is 2. The largest absolute Gasteiger partial charge is 0.436 e. The lowest BCUT2D eigenvalue weighted by Crippen LogP contribution is -2.23. The molecule has 3 rings (SSSR count). The molecule has 5 nitrogen and oxygen atoms in total. The highest BCUT2D eigenvalue weighted by Gasteiger charge is 2.11. The number of oxazole rings is 1. The Morgan fingerprint density at radius 2 is 2.04 bits per heavy atom. The number of anilines is 1. The number of aliphatic hydroxyl groups excluding tert-OH is 2. The van der Waals surface area contributed by atoms with Gasteiger partial charge in [-0.05, 0) is 48.7 Å². The molecule has 0 fully saturated rings. The first-order valence-corrected chi connectivity index (χ1v) is 8.14. The van der Waals surface area contributed by atoms with Crippen LogP contribution in [-0.2, 0) is 6.42 Å².